The predicted octanol–water partition coefficient (Wildman–Crippen LogP) is 2.13. The fourth-order valence-corrected chi connectivity index (χ4v) is 2.63. The van der Waals surface area contributed by atoms with E-state index < -0.39 is 24.4 Å². The van der Waals surface area contributed by atoms with E-state index in [-0.39, 0.29) is 18.8 Å². The number of hydrogen-bond donors (Lipinski definition) is 3. The summed E-state index contributed by atoms with van der Waals surface area (Å²) in [6.07, 6.45) is 4.83. The number of aliphatic hydroxyl groups excluding tert-OH is 3. The Morgan fingerprint density at radius 2 is 1.96 bits per heavy atom. The molecule has 1 aliphatic rings. The number of ether oxygens (including phenoxy) is 1. The lowest BCUT2D eigenvalue weighted by Gasteiger charge is -2.36. The SMILES string of the molecule is C/C=C/c1ccc(/C=C/CC2O[C@H](CO)C(O)C[C@@H]2O)cc1F. The van der Waals surface area contributed by atoms with Crippen molar-refractivity contribution < 1.29 is 24.4 Å². The third kappa shape index (κ3) is 4.72. The molecule has 1 aromatic rings. The Morgan fingerprint density at radius 3 is 2.61 bits per heavy atom. The lowest BCUT2D eigenvalue weighted by Crippen LogP contribution is -2.48. The first-order valence-electron chi connectivity index (χ1n) is 7.76. The highest BCUT2D eigenvalue weighted by Gasteiger charge is 2.35. The molecule has 23 heavy (non-hydrogen) atoms. The maximum atomic E-state index is 13.8. The van der Waals surface area contributed by atoms with Gasteiger partial charge in [-0.1, -0.05) is 36.4 Å². The van der Waals surface area contributed by atoms with Gasteiger partial charge >= 0.3 is 0 Å². The van der Waals surface area contributed by atoms with E-state index in [2.05, 4.69) is 0 Å². The van der Waals surface area contributed by atoms with Crippen molar-refractivity contribution in [2.45, 2.75) is 44.2 Å². The average molecular weight is 322 g/mol. The van der Waals surface area contributed by atoms with Crippen LogP contribution < -0.4 is 0 Å². The molecular weight excluding hydrogens is 299 g/mol. The summed E-state index contributed by atoms with van der Waals surface area (Å²) >= 11 is 0. The molecule has 0 bridgehead atoms. The van der Waals surface area contributed by atoms with Gasteiger partial charge in [-0.05, 0) is 25.0 Å². The predicted molar refractivity (Wildman–Crippen MR) is 87.1 cm³/mol. The lowest BCUT2D eigenvalue weighted by molar-refractivity contribution is -0.177. The molecule has 4 atom stereocenters. The van der Waals surface area contributed by atoms with Crippen molar-refractivity contribution in [2.24, 2.45) is 0 Å². The van der Waals surface area contributed by atoms with E-state index in [4.69, 9.17) is 9.84 Å². The molecular formula is C18H23FO4. The van der Waals surface area contributed by atoms with Gasteiger partial charge in [0.25, 0.3) is 0 Å². The number of allylic oxidation sites excluding steroid dienone is 1. The van der Waals surface area contributed by atoms with Crippen molar-refractivity contribution in [2.75, 3.05) is 6.61 Å². The van der Waals surface area contributed by atoms with E-state index in [1.165, 1.54) is 6.07 Å². The van der Waals surface area contributed by atoms with Crippen LogP contribution in [-0.2, 0) is 4.74 Å². The zero-order chi connectivity index (χ0) is 16.8. The minimum atomic E-state index is -0.858. The molecule has 126 valence electrons. The van der Waals surface area contributed by atoms with Crippen molar-refractivity contribution in [1.82, 2.24) is 0 Å². The third-order valence-electron chi connectivity index (χ3n) is 3.92. The molecule has 1 saturated heterocycles. The summed E-state index contributed by atoms with van der Waals surface area (Å²) in [6, 6.07) is 4.97. The smallest absolute Gasteiger partial charge is 0.131 e. The summed E-state index contributed by atoms with van der Waals surface area (Å²) in [7, 11) is 0. The molecule has 1 aliphatic heterocycles. The molecule has 2 rings (SSSR count). The molecule has 3 N–H and O–H groups in total. The molecule has 1 fully saturated rings. The second-order valence-corrected chi connectivity index (χ2v) is 5.68. The number of hydrogen-bond acceptors (Lipinski definition) is 4. The summed E-state index contributed by atoms with van der Waals surface area (Å²) in [5.74, 6) is -0.289. The fourth-order valence-electron chi connectivity index (χ4n) is 2.63. The molecule has 0 aliphatic carbocycles. The standard InChI is InChI=1S/C18H23FO4/c1-2-4-13-8-7-12(9-14(13)19)5-3-6-17-15(21)10-16(22)18(11-20)23-17/h2-5,7-9,15-18,20-22H,6,10-11H2,1H3/b4-2+,5-3+/t15-,16?,17?,18+/m0/s1. The van der Waals surface area contributed by atoms with Crippen LogP contribution in [0.15, 0.2) is 30.4 Å². The number of rotatable bonds is 5. The van der Waals surface area contributed by atoms with Gasteiger partial charge in [0.1, 0.15) is 11.9 Å². The van der Waals surface area contributed by atoms with Crippen LogP contribution in [0.4, 0.5) is 4.39 Å². The van der Waals surface area contributed by atoms with Gasteiger partial charge in [-0.2, -0.15) is 0 Å². The van der Waals surface area contributed by atoms with Gasteiger partial charge in [-0.15, -0.1) is 0 Å². The number of halogens is 1. The summed E-state index contributed by atoms with van der Waals surface area (Å²) in [5.41, 5.74) is 1.26. The quantitative estimate of drug-likeness (QED) is 0.777. The Hall–Kier alpha value is -1.53. The Bertz CT molecular complexity index is 570. The third-order valence-corrected chi connectivity index (χ3v) is 3.92. The minimum absolute atomic E-state index is 0.177. The highest BCUT2D eigenvalue weighted by molar-refractivity contribution is 5.56. The maximum Gasteiger partial charge on any atom is 0.131 e. The number of benzene rings is 1. The highest BCUT2D eigenvalue weighted by atomic mass is 19.1. The van der Waals surface area contributed by atoms with Gasteiger partial charge in [-0.3, -0.25) is 0 Å². The summed E-state index contributed by atoms with van der Waals surface area (Å²) in [4.78, 5) is 0. The Morgan fingerprint density at radius 1 is 1.22 bits per heavy atom. The van der Waals surface area contributed by atoms with Gasteiger partial charge in [0.2, 0.25) is 0 Å². The van der Waals surface area contributed by atoms with E-state index in [9.17, 15) is 14.6 Å². The zero-order valence-corrected chi connectivity index (χ0v) is 13.1. The van der Waals surface area contributed by atoms with E-state index in [0.717, 1.165) is 5.56 Å². The van der Waals surface area contributed by atoms with Crippen LogP contribution in [-0.4, -0.2) is 46.3 Å². The summed E-state index contributed by atoms with van der Waals surface area (Å²) in [6.45, 7) is 1.55. The maximum absolute atomic E-state index is 13.8. The zero-order valence-electron chi connectivity index (χ0n) is 13.1. The number of aliphatic hydroxyl groups is 3. The average Bonchev–Trinajstić information content (AvgIpc) is 2.52. The Labute approximate surface area is 135 Å². The van der Waals surface area contributed by atoms with Gasteiger partial charge in [0.05, 0.1) is 24.9 Å². The molecule has 0 spiro atoms. The van der Waals surface area contributed by atoms with Crippen molar-refractivity contribution in [3.8, 4) is 0 Å². The largest absolute Gasteiger partial charge is 0.394 e. The molecule has 1 heterocycles. The molecule has 0 aromatic heterocycles. The second kappa shape index (κ2) is 8.36. The summed E-state index contributed by atoms with van der Waals surface area (Å²) < 4.78 is 19.3. The van der Waals surface area contributed by atoms with E-state index in [0.29, 0.717) is 12.0 Å². The molecule has 2 unspecified atom stereocenters. The topological polar surface area (TPSA) is 69.9 Å². The molecule has 1 aromatic carbocycles. The summed E-state index contributed by atoms with van der Waals surface area (Å²) in [5, 5.41) is 28.7. The Balaban J connectivity index is 1.97. The van der Waals surface area contributed by atoms with Crippen molar-refractivity contribution >= 4 is 12.2 Å². The first kappa shape index (κ1) is 17.8. The van der Waals surface area contributed by atoms with Crippen LogP contribution in [0.1, 0.15) is 30.9 Å². The lowest BCUT2D eigenvalue weighted by atomic mass is 9.96. The Kier molecular flexibility index (Phi) is 6.47. The van der Waals surface area contributed by atoms with Crippen molar-refractivity contribution in [1.29, 1.82) is 0 Å². The van der Waals surface area contributed by atoms with Crippen LogP contribution >= 0.6 is 0 Å². The van der Waals surface area contributed by atoms with Gasteiger partial charge in [0, 0.05) is 12.0 Å². The van der Waals surface area contributed by atoms with Gasteiger partial charge in [0.15, 0.2) is 0 Å². The van der Waals surface area contributed by atoms with E-state index in [1.807, 2.05) is 13.0 Å². The fraction of sp³-hybridized carbons (Fsp3) is 0.444. The molecule has 5 heteroatoms. The molecule has 0 saturated carbocycles. The van der Waals surface area contributed by atoms with Crippen LogP contribution in [0.5, 0.6) is 0 Å². The first-order chi connectivity index (χ1) is 11.0. The van der Waals surface area contributed by atoms with Crippen LogP contribution in [0.2, 0.25) is 0 Å². The molecule has 0 radical (unpaired) electrons. The molecule has 4 nitrogen and oxygen atoms in total. The van der Waals surface area contributed by atoms with Gasteiger partial charge in [-0.25, -0.2) is 4.39 Å². The van der Waals surface area contributed by atoms with Crippen molar-refractivity contribution in [3.05, 3.63) is 47.3 Å². The molecule has 0 amide bonds. The van der Waals surface area contributed by atoms with Crippen LogP contribution in [0.25, 0.3) is 12.2 Å². The van der Waals surface area contributed by atoms with Crippen LogP contribution in [0.3, 0.4) is 0 Å². The normalized spacial score (nSPS) is 28.7. The monoisotopic (exact) mass is 322 g/mol. The van der Waals surface area contributed by atoms with E-state index in [1.54, 1.807) is 30.4 Å². The minimum Gasteiger partial charge on any atom is -0.394 e. The van der Waals surface area contributed by atoms with Crippen LogP contribution in [0, 0.1) is 5.82 Å². The highest BCUT2D eigenvalue weighted by Crippen LogP contribution is 2.23. The first-order valence-corrected chi connectivity index (χ1v) is 7.76. The second-order valence-electron chi connectivity index (χ2n) is 5.68. The van der Waals surface area contributed by atoms with Crippen molar-refractivity contribution in [3.63, 3.8) is 0 Å². The van der Waals surface area contributed by atoms with Gasteiger partial charge < -0.3 is 20.1 Å². The van der Waals surface area contributed by atoms with E-state index >= 15 is 0 Å².